The molecule has 2 saturated carbocycles. The summed E-state index contributed by atoms with van der Waals surface area (Å²) in [5.41, 5.74) is 0. The number of hydrogen-bond donors (Lipinski definition) is 1. The van der Waals surface area contributed by atoms with E-state index in [1.807, 2.05) is 0 Å². The van der Waals surface area contributed by atoms with Crippen LogP contribution in [0.15, 0.2) is 0 Å². The summed E-state index contributed by atoms with van der Waals surface area (Å²) in [7, 11) is 0. The van der Waals surface area contributed by atoms with Crippen LogP contribution < -0.4 is 5.32 Å². The fourth-order valence-electron chi connectivity index (χ4n) is 4.87. The molecule has 1 saturated heterocycles. The lowest BCUT2D eigenvalue weighted by Gasteiger charge is -2.44. The maximum atomic E-state index is 3.84. The zero-order valence-corrected chi connectivity index (χ0v) is 14.7. The summed E-state index contributed by atoms with van der Waals surface area (Å²) in [6.07, 6.45) is 17.0. The lowest BCUT2D eigenvalue weighted by Crippen LogP contribution is -2.56. The van der Waals surface area contributed by atoms with Gasteiger partial charge in [-0.25, -0.2) is 0 Å². The molecule has 21 heavy (non-hydrogen) atoms. The molecular weight excluding hydrogens is 276 g/mol. The predicted molar refractivity (Wildman–Crippen MR) is 94.1 cm³/mol. The topological polar surface area (TPSA) is 15.3 Å². The lowest BCUT2D eigenvalue weighted by atomic mass is 9.82. The average molecular weight is 311 g/mol. The summed E-state index contributed by atoms with van der Waals surface area (Å²) in [6.45, 7) is 5.14. The number of hydrogen-bond acceptors (Lipinski definition) is 3. The highest BCUT2D eigenvalue weighted by atomic mass is 32.2. The van der Waals surface area contributed by atoms with Gasteiger partial charge in [-0.2, -0.15) is 11.8 Å². The SMILES string of the molecule is CSC1(CN2CCNC(C3CCCCC3)C2)CCCCC1. The van der Waals surface area contributed by atoms with Crippen molar-refractivity contribution < 1.29 is 0 Å². The van der Waals surface area contributed by atoms with E-state index in [4.69, 9.17) is 0 Å². The molecule has 2 nitrogen and oxygen atoms in total. The minimum Gasteiger partial charge on any atom is -0.311 e. The molecule has 0 aromatic heterocycles. The molecule has 2 aliphatic carbocycles. The van der Waals surface area contributed by atoms with Gasteiger partial charge in [-0.1, -0.05) is 38.5 Å². The van der Waals surface area contributed by atoms with Crippen LogP contribution in [0, 0.1) is 5.92 Å². The molecule has 3 rings (SSSR count). The van der Waals surface area contributed by atoms with Crippen molar-refractivity contribution in [2.24, 2.45) is 5.92 Å². The third-order valence-corrected chi connectivity index (χ3v) is 7.62. The standard InChI is InChI=1S/C18H34N2S/c1-21-18(10-6-3-7-11-18)15-20-13-12-19-17(14-20)16-8-4-2-5-9-16/h16-17,19H,2-15H2,1H3. The molecule has 0 radical (unpaired) electrons. The van der Waals surface area contributed by atoms with Crippen molar-refractivity contribution in [2.45, 2.75) is 75.0 Å². The molecule has 3 aliphatic rings. The Hall–Kier alpha value is 0.270. The van der Waals surface area contributed by atoms with Crippen molar-refractivity contribution >= 4 is 11.8 Å². The molecule has 1 atom stereocenters. The van der Waals surface area contributed by atoms with Gasteiger partial charge in [0.15, 0.2) is 0 Å². The molecule has 3 fully saturated rings. The van der Waals surface area contributed by atoms with Gasteiger partial charge < -0.3 is 5.32 Å². The highest BCUT2D eigenvalue weighted by molar-refractivity contribution is 8.00. The Balaban J connectivity index is 1.55. The van der Waals surface area contributed by atoms with Crippen molar-refractivity contribution in [3.05, 3.63) is 0 Å². The molecule has 3 heteroatoms. The molecule has 0 aromatic rings. The van der Waals surface area contributed by atoms with E-state index in [0.29, 0.717) is 4.75 Å². The summed E-state index contributed by atoms with van der Waals surface area (Å²) in [6, 6.07) is 0.779. The Bertz CT molecular complexity index is 308. The number of nitrogens with zero attached hydrogens (tertiary/aromatic N) is 1. The number of nitrogens with one attached hydrogen (secondary N) is 1. The molecule has 1 heterocycles. The number of rotatable bonds is 4. The molecule has 0 spiro atoms. The van der Waals surface area contributed by atoms with E-state index < -0.39 is 0 Å². The van der Waals surface area contributed by atoms with E-state index in [-0.39, 0.29) is 0 Å². The van der Waals surface area contributed by atoms with Crippen molar-refractivity contribution in [2.75, 3.05) is 32.4 Å². The lowest BCUT2D eigenvalue weighted by molar-refractivity contribution is 0.129. The van der Waals surface area contributed by atoms with Gasteiger partial charge in [0.1, 0.15) is 0 Å². The summed E-state index contributed by atoms with van der Waals surface area (Å²) in [5.74, 6) is 0.957. The maximum Gasteiger partial charge on any atom is 0.0284 e. The van der Waals surface area contributed by atoms with Gasteiger partial charge in [0, 0.05) is 37.0 Å². The Kier molecular flexibility index (Phi) is 5.92. The largest absolute Gasteiger partial charge is 0.311 e. The van der Waals surface area contributed by atoms with Crippen molar-refractivity contribution in [1.29, 1.82) is 0 Å². The van der Waals surface area contributed by atoms with Crippen LogP contribution in [-0.4, -0.2) is 48.1 Å². The van der Waals surface area contributed by atoms with Crippen LogP contribution >= 0.6 is 11.8 Å². The fourth-order valence-corrected chi connectivity index (χ4v) is 5.88. The van der Waals surface area contributed by atoms with Crippen LogP contribution in [0.1, 0.15) is 64.2 Å². The van der Waals surface area contributed by atoms with Gasteiger partial charge >= 0.3 is 0 Å². The van der Waals surface area contributed by atoms with Crippen LogP contribution in [0.3, 0.4) is 0 Å². The van der Waals surface area contributed by atoms with Crippen LogP contribution in [0.2, 0.25) is 0 Å². The van der Waals surface area contributed by atoms with Crippen molar-refractivity contribution in [3.63, 3.8) is 0 Å². The molecular formula is C18H34N2S. The Labute approximate surface area is 135 Å². The molecule has 122 valence electrons. The van der Waals surface area contributed by atoms with Gasteiger partial charge in [0.25, 0.3) is 0 Å². The van der Waals surface area contributed by atoms with Gasteiger partial charge in [0.05, 0.1) is 0 Å². The summed E-state index contributed by atoms with van der Waals surface area (Å²) < 4.78 is 0.576. The van der Waals surface area contributed by atoms with E-state index >= 15 is 0 Å². The summed E-state index contributed by atoms with van der Waals surface area (Å²) in [4.78, 5) is 2.80. The van der Waals surface area contributed by atoms with Crippen LogP contribution in [0.25, 0.3) is 0 Å². The van der Waals surface area contributed by atoms with Gasteiger partial charge in [-0.3, -0.25) is 4.90 Å². The van der Waals surface area contributed by atoms with Crippen LogP contribution in [0.4, 0.5) is 0 Å². The van der Waals surface area contributed by atoms with Gasteiger partial charge in [0.2, 0.25) is 0 Å². The number of thioether (sulfide) groups is 1. The quantitative estimate of drug-likeness (QED) is 0.847. The normalized spacial score (nSPS) is 32.1. The Morgan fingerprint density at radius 3 is 2.48 bits per heavy atom. The Morgan fingerprint density at radius 1 is 1.05 bits per heavy atom. The molecule has 0 bridgehead atoms. The highest BCUT2D eigenvalue weighted by Gasteiger charge is 2.35. The van der Waals surface area contributed by atoms with E-state index in [0.717, 1.165) is 12.0 Å². The maximum absolute atomic E-state index is 3.84. The second-order valence-electron chi connectivity index (χ2n) is 7.64. The van der Waals surface area contributed by atoms with Gasteiger partial charge in [-0.15, -0.1) is 0 Å². The van der Waals surface area contributed by atoms with E-state index in [1.165, 1.54) is 90.4 Å². The van der Waals surface area contributed by atoms with Crippen LogP contribution in [0.5, 0.6) is 0 Å². The third kappa shape index (κ3) is 4.17. The smallest absolute Gasteiger partial charge is 0.0284 e. The third-order valence-electron chi connectivity index (χ3n) is 6.22. The second kappa shape index (κ2) is 7.70. The zero-order chi connectivity index (χ0) is 14.5. The van der Waals surface area contributed by atoms with Gasteiger partial charge in [-0.05, 0) is 37.9 Å². The van der Waals surface area contributed by atoms with Crippen molar-refractivity contribution in [3.8, 4) is 0 Å². The molecule has 1 unspecified atom stereocenters. The molecule has 1 N–H and O–H groups in total. The predicted octanol–water partition coefficient (Wildman–Crippen LogP) is 3.91. The Morgan fingerprint density at radius 2 is 1.76 bits per heavy atom. The van der Waals surface area contributed by atoms with Crippen LogP contribution in [-0.2, 0) is 0 Å². The zero-order valence-electron chi connectivity index (χ0n) is 13.9. The first-order valence-electron chi connectivity index (χ1n) is 9.32. The first-order chi connectivity index (χ1) is 10.3. The van der Waals surface area contributed by atoms with Crippen molar-refractivity contribution in [1.82, 2.24) is 10.2 Å². The molecule has 0 amide bonds. The minimum absolute atomic E-state index is 0.576. The average Bonchev–Trinajstić information content (AvgIpc) is 2.57. The highest BCUT2D eigenvalue weighted by Crippen LogP contribution is 2.39. The fraction of sp³-hybridized carbons (Fsp3) is 1.00. The van der Waals surface area contributed by atoms with E-state index in [1.54, 1.807) is 0 Å². The first-order valence-corrected chi connectivity index (χ1v) is 10.5. The van der Waals surface area contributed by atoms with E-state index in [2.05, 4.69) is 28.2 Å². The number of piperazine rings is 1. The molecule has 0 aromatic carbocycles. The summed E-state index contributed by atoms with van der Waals surface area (Å²) >= 11 is 2.16. The van der Waals surface area contributed by atoms with E-state index in [9.17, 15) is 0 Å². The first kappa shape index (κ1) is 16.1. The monoisotopic (exact) mass is 310 g/mol. The minimum atomic E-state index is 0.576. The summed E-state index contributed by atoms with van der Waals surface area (Å²) in [5, 5.41) is 3.84. The second-order valence-corrected chi connectivity index (χ2v) is 8.92. The molecule has 1 aliphatic heterocycles.